The predicted octanol–water partition coefficient (Wildman–Crippen LogP) is -22.9. The van der Waals surface area contributed by atoms with Crippen LogP contribution in [0.2, 0.25) is 0 Å². The van der Waals surface area contributed by atoms with Gasteiger partial charge in [0.15, 0.2) is 0 Å². The maximum Gasteiger partial charge on any atom is 1.00 e. The molecule has 0 aliphatic rings. The van der Waals surface area contributed by atoms with Crippen LogP contribution in [-0.4, -0.2) is 29.8 Å². The second kappa shape index (κ2) is 18.7. The molecule has 0 fully saturated rings. The minimum absolute atomic E-state index is 0. The van der Waals surface area contributed by atoms with Gasteiger partial charge in [-0.2, -0.15) is 0 Å². The Hall–Kier alpha value is 2.35. The monoisotopic (exact) mass is 388 g/mol. The van der Waals surface area contributed by atoms with Gasteiger partial charge >= 0.3 is 148 Å². The number of rotatable bonds is 8. The zero-order valence-corrected chi connectivity index (χ0v) is 24.1. The summed E-state index contributed by atoms with van der Waals surface area (Å²) in [4.78, 5) is 52.9. The fourth-order valence-electron chi connectivity index (χ4n) is 1.49. The van der Waals surface area contributed by atoms with Crippen LogP contribution >= 0.6 is 0 Å². The van der Waals surface area contributed by atoms with E-state index in [1.54, 1.807) is 0 Å². The molecule has 0 aliphatic heterocycles. The average Bonchev–Trinajstić information content (AvgIpc) is 2.20. The molecule has 0 aromatic heterocycles. The van der Waals surface area contributed by atoms with Crippen LogP contribution in [0.4, 0.5) is 0 Å². The van der Waals surface area contributed by atoms with E-state index in [-0.39, 0.29) is 148 Å². The normalized spacial score (nSPS) is 9.83. The molecule has 15 heteroatoms. The first-order valence-electron chi connectivity index (χ1n) is 4.59. The number of hydrogen-bond acceptors (Lipinski definition) is 10. The third-order valence-electron chi connectivity index (χ3n) is 2.40. The van der Waals surface area contributed by atoms with Crippen molar-refractivity contribution in [2.75, 3.05) is 0 Å². The van der Waals surface area contributed by atoms with Gasteiger partial charge in [0.05, 0.1) is 17.4 Å². The molecule has 0 spiro atoms. The van der Waals surface area contributed by atoms with Crippen molar-refractivity contribution < 1.29 is 197 Å². The third-order valence-corrected chi connectivity index (χ3v) is 2.40. The van der Waals surface area contributed by atoms with Gasteiger partial charge in [-0.15, -0.1) is 0 Å². The summed E-state index contributed by atoms with van der Waals surface area (Å²) in [6.07, 6.45) is -3.47. The van der Waals surface area contributed by atoms with E-state index in [0.29, 0.717) is 0 Å². The standard InChI is InChI=1S/C9H10O10.5Na/c10-4(11)1-3(6(14)15)9(7(16)17,8(18)19)2-5(12)13;;;;;/h3H,1-2H2,(H,10,11)(H,12,13)(H,14,15)(H,16,17)(H,18,19);;;;;/q;5*+1/p-5. The van der Waals surface area contributed by atoms with Crippen molar-refractivity contribution in [1.29, 1.82) is 0 Å². The summed E-state index contributed by atoms with van der Waals surface area (Å²) in [6.45, 7) is 0. The second-order valence-electron chi connectivity index (χ2n) is 3.54. The van der Waals surface area contributed by atoms with Crippen LogP contribution in [0.3, 0.4) is 0 Å². The molecule has 0 saturated carbocycles. The second-order valence-corrected chi connectivity index (χ2v) is 3.54. The topological polar surface area (TPSA) is 201 Å². The van der Waals surface area contributed by atoms with Crippen molar-refractivity contribution in [3.05, 3.63) is 0 Å². The fourth-order valence-corrected chi connectivity index (χ4v) is 1.49. The van der Waals surface area contributed by atoms with Gasteiger partial charge in [0.25, 0.3) is 0 Å². The van der Waals surface area contributed by atoms with E-state index < -0.39 is 54.0 Å². The number of aliphatic carboxylic acids is 5. The summed E-state index contributed by atoms with van der Waals surface area (Å²) in [7, 11) is 0. The molecule has 0 amide bonds. The average molecular weight is 388 g/mol. The maximum atomic E-state index is 10.8. The van der Waals surface area contributed by atoms with E-state index in [2.05, 4.69) is 0 Å². The molecular weight excluding hydrogens is 383 g/mol. The largest absolute Gasteiger partial charge is 1.00 e. The SMILES string of the molecule is O=C([O-])CC(C(=O)[O-])C(CC(=O)[O-])(C(=O)[O-])C(=O)[O-].[Na+].[Na+].[Na+].[Na+].[Na+]. The van der Waals surface area contributed by atoms with Gasteiger partial charge in [-0.1, -0.05) is 0 Å². The van der Waals surface area contributed by atoms with Crippen molar-refractivity contribution in [2.24, 2.45) is 11.3 Å². The summed E-state index contributed by atoms with van der Waals surface area (Å²) in [5, 5.41) is 52.9. The van der Waals surface area contributed by atoms with Crippen LogP contribution in [0.1, 0.15) is 12.8 Å². The van der Waals surface area contributed by atoms with Gasteiger partial charge in [0.2, 0.25) is 0 Å². The van der Waals surface area contributed by atoms with Crippen LogP contribution in [0.5, 0.6) is 0 Å². The number of carboxylic acid groups (broad SMARTS) is 5. The number of hydrogen-bond donors (Lipinski definition) is 0. The summed E-state index contributed by atoms with van der Waals surface area (Å²) in [5.74, 6) is -14.8. The van der Waals surface area contributed by atoms with Crippen molar-refractivity contribution in [2.45, 2.75) is 12.8 Å². The van der Waals surface area contributed by atoms with Gasteiger partial charge in [-0.25, -0.2) is 0 Å². The first-order valence-corrected chi connectivity index (χ1v) is 4.59. The molecule has 0 radical (unpaired) electrons. The molecule has 1 unspecified atom stereocenters. The summed E-state index contributed by atoms with van der Waals surface area (Å²) in [5.41, 5.74) is -3.64. The molecule has 0 heterocycles. The maximum absolute atomic E-state index is 10.8. The summed E-state index contributed by atoms with van der Waals surface area (Å²) in [6, 6.07) is 0. The molecule has 0 aromatic rings. The molecule has 0 aliphatic carbocycles. The molecule has 0 saturated heterocycles. The molecule has 10 nitrogen and oxygen atoms in total. The Labute approximate surface area is 247 Å². The predicted molar refractivity (Wildman–Crippen MR) is 40.2 cm³/mol. The van der Waals surface area contributed by atoms with Gasteiger partial charge in [0, 0.05) is 30.2 Å². The Morgan fingerprint density at radius 3 is 1.17 bits per heavy atom. The van der Waals surface area contributed by atoms with E-state index in [0.717, 1.165) is 0 Å². The van der Waals surface area contributed by atoms with Gasteiger partial charge in [-0.05, 0) is 6.42 Å². The minimum atomic E-state index is -3.64. The van der Waals surface area contributed by atoms with Crippen molar-refractivity contribution in [3.63, 3.8) is 0 Å². The van der Waals surface area contributed by atoms with E-state index in [1.165, 1.54) is 0 Å². The van der Waals surface area contributed by atoms with Crippen LogP contribution in [-0.2, 0) is 24.0 Å². The zero-order valence-electron chi connectivity index (χ0n) is 14.1. The van der Waals surface area contributed by atoms with Crippen LogP contribution in [0.15, 0.2) is 0 Å². The molecule has 1 atom stereocenters. The Morgan fingerprint density at radius 2 is 1.00 bits per heavy atom. The molecule has 0 aromatic carbocycles. The molecular formula is C9H5Na5O10. The summed E-state index contributed by atoms with van der Waals surface area (Å²) < 4.78 is 0. The van der Waals surface area contributed by atoms with Gasteiger partial charge < -0.3 is 49.5 Å². The van der Waals surface area contributed by atoms with E-state index >= 15 is 0 Å². The Kier molecular flexibility index (Phi) is 31.9. The van der Waals surface area contributed by atoms with E-state index in [9.17, 15) is 49.5 Å². The molecule has 106 valence electrons. The molecule has 0 rings (SSSR count). The van der Waals surface area contributed by atoms with E-state index in [4.69, 9.17) is 0 Å². The molecule has 24 heavy (non-hydrogen) atoms. The van der Waals surface area contributed by atoms with Crippen LogP contribution in [0, 0.1) is 11.3 Å². The van der Waals surface area contributed by atoms with Crippen LogP contribution in [0.25, 0.3) is 0 Å². The number of carbonyl (C=O) groups excluding carboxylic acids is 5. The number of carboxylic acids is 5. The van der Waals surface area contributed by atoms with Crippen molar-refractivity contribution in [3.8, 4) is 0 Å². The smallest absolute Gasteiger partial charge is 0.550 e. The number of carbonyl (C=O) groups is 5. The minimum Gasteiger partial charge on any atom is -0.550 e. The zero-order chi connectivity index (χ0) is 15.4. The van der Waals surface area contributed by atoms with Gasteiger partial charge in [0.1, 0.15) is 0 Å². The molecule has 0 bridgehead atoms. The van der Waals surface area contributed by atoms with Crippen molar-refractivity contribution >= 4 is 29.8 Å². The van der Waals surface area contributed by atoms with Crippen LogP contribution < -0.4 is 173 Å². The van der Waals surface area contributed by atoms with Crippen molar-refractivity contribution in [1.82, 2.24) is 0 Å². The quantitative estimate of drug-likeness (QED) is 0.284. The van der Waals surface area contributed by atoms with E-state index in [1.807, 2.05) is 0 Å². The third kappa shape index (κ3) is 11.9. The first kappa shape index (κ1) is 40.9. The Morgan fingerprint density at radius 1 is 0.667 bits per heavy atom. The Balaban J connectivity index is -0.000000162. The Bertz CT molecular complexity index is 440. The van der Waals surface area contributed by atoms with Gasteiger partial charge in [-0.3, -0.25) is 0 Å². The summed E-state index contributed by atoms with van der Waals surface area (Å²) >= 11 is 0. The molecule has 0 N–H and O–H groups in total. The first-order chi connectivity index (χ1) is 8.55. The fraction of sp³-hybridized carbons (Fsp3) is 0.444.